The van der Waals surface area contributed by atoms with Gasteiger partial charge in [0.1, 0.15) is 17.5 Å². The summed E-state index contributed by atoms with van der Waals surface area (Å²) < 4.78 is 36.8. The number of benzene rings is 2. The number of ether oxygens (including phenoxy) is 1. The van der Waals surface area contributed by atoms with E-state index in [9.17, 15) is 18.7 Å². The molecule has 6 nitrogen and oxygen atoms in total. The van der Waals surface area contributed by atoms with E-state index < -0.39 is 23.8 Å². The standard InChI is InChI=1S/C19H14BrCl2F2N3O3/c20-9-3-12(22)17(14(24)4-9)18-25-15-5-11(21)13(23)6-16(15)27(18)8-10-7-26(19(28)29)1-2-30-10/h3-6,10H,1-2,7-8H2,(H,28,29). The lowest BCUT2D eigenvalue weighted by molar-refractivity contribution is -0.0286. The molecule has 1 fully saturated rings. The van der Waals surface area contributed by atoms with Crippen molar-refractivity contribution in [2.24, 2.45) is 0 Å². The fourth-order valence-electron chi connectivity index (χ4n) is 3.46. The van der Waals surface area contributed by atoms with Crippen molar-refractivity contribution in [3.63, 3.8) is 0 Å². The molecule has 0 bridgehead atoms. The summed E-state index contributed by atoms with van der Waals surface area (Å²) in [7, 11) is 0. The van der Waals surface area contributed by atoms with Crippen LogP contribution in [0.1, 0.15) is 0 Å². The molecule has 1 atom stereocenters. The zero-order chi connectivity index (χ0) is 21.6. The first-order valence-electron chi connectivity index (χ1n) is 8.84. The first-order chi connectivity index (χ1) is 14.2. The molecule has 1 amide bonds. The largest absolute Gasteiger partial charge is 0.465 e. The Kier molecular flexibility index (Phi) is 5.89. The van der Waals surface area contributed by atoms with Crippen LogP contribution in [0, 0.1) is 11.6 Å². The van der Waals surface area contributed by atoms with Gasteiger partial charge in [-0.05, 0) is 18.2 Å². The van der Waals surface area contributed by atoms with Crippen LogP contribution < -0.4 is 0 Å². The van der Waals surface area contributed by atoms with Gasteiger partial charge in [0.25, 0.3) is 0 Å². The van der Waals surface area contributed by atoms with E-state index >= 15 is 0 Å². The average molecular weight is 521 g/mol. The summed E-state index contributed by atoms with van der Waals surface area (Å²) in [5.41, 5.74) is 0.750. The SMILES string of the molecule is O=C(O)N1CCOC(Cn2c(-c3c(F)cc(Br)cc3Cl)nc3cc(Cl)c(F)cc32)C1. The van der Waals surface area contributed by atoms with Crippen LogP contribution in [0.4, 0.5) is 13.6 Å². The van der Waals surface area contributed by atoms with Gasteiger partial charge in [-0.2, -0.15) is 0 Å². The minimum Gasteiger partial charge on any atom is -0.465 e. The summed E-state index contributed by atoms with van der Waals surface area (Å²) in [6.07, 6.45) is -1.60. The number of carboxylic acid groups (broad SMARTS) is 1. The number of fused-ring (bicyclic) bond motifs is 1. The molecule has 0 radical (unpaired) electrons. The maximum atomic E-state index is 14.8. The van der Waals surface area contributed by atoms with E-state index in [-0.39, 0.29) is 47.7 Å². The second-order valence-electron chi connectivity index (χ2n) is 6.77. The van der Waals surface area contributed by atoms with E-state index in [1.54, 1.807) is 4.57 Å². The summed E-state index contributed by atoms with van der Waals surface area (Å²) in [5, 5.41) is 9.26. The molecule has 1 saturated heterocycles. The number of imidazole rings is 1. The third-order valence-electron chi connectivity index (χ3n) is 4.82. The molecule has 1 N–H and O–H groups in total. The van der Waals surface area contributed by atoms with E-state index in [0.717, 1.165) is 0 Å². The molecule has 0 saturated carbocycles. The quantitative estimate of drug-likeness (QED) is 0.500. The topological polar surface area (TPSA) is 67.6 Å². The third-order valence-corrected chi connectivity index (χ3v) is 5.86. The Balaban J connectivity index is 1.86. The van der Waals surface area contributed by atoms with Crippen LogP contribution in [0.2, 0.25) is 10.0 Å². The second-order valence-corrected chi connectivity index (χ2v) is 8.50. The smallest absolute Gasteiger partial charge is 0.407 e. The molecule has 0 spiro atoms. The second kappa shape index (κ2) is 8.30. The van der Waals surface area contributed by atoms with Gasteiger partial charge in [0.05, 0.1) is 52.4 Å². The molecule has 0 aliphatic carbocycles. The van der Waals surface area contributed by atoms with E-state index in [2.05, 4.69) is 20.9 Å². The Morgan fingerprint density at radius 2 is 2.00 bits per heavy atom. The number of carbonyl (C=O) groups is 1. The van der Waals surface area contributed by atoms with Crippen LogP contribution in [0.25, 0.3) is 22.4 Å². The minimum atomic E-state index is -1.06. The highest BCUT2D eigenvalue weighted by atomic mass is 79.9. The molecular formula is C19H14BrCl2F2N3O3. The van der Waals surface area contributed by atoms with Crippen molar-refractivity contribution in [2.75, 3.05) is 19.7 Å². The predicted octanol–water partition coefficient (Wildman–Crippen LogP) is 5.43. The molecule has 2 heterocycles. The number of aromatic nitrogens is 2. The molecule has 4 rings (SSSR count). The van der Waals surface area contributed by atoms with Gasteiger partial charge in [-0.25, -0.2) is 18.6 Å². The third kappa shape index (κ3) is 3.99. The van der Waals surface area contributed by atoms with Gasteiger partial charge in [-0.1, -0.05) is 39.1 Å². The number of morpholine rings is 1. The number of rotatable bonds is 3. The van der Waals surface area contributed by atoms with E-state index in [1.807, 2.05) is 0 Å². The lowest BCUT2D eigenvalue weighted by Crippen LogP contribution is -2.46. The van der Waals surface area contributed by atoms with Crippen molar-refractivity contribution in [3.8, 4) is 11.4 Å². The maximum Gasteiger partial charge on any atom is 0.407 e. The highest BCUT2D eigenvalue weighted by Crippen LogP contribution is 2.36. The number of amides is 1. The Hall–Kier alpha value is -1.94. The first kappa shape index (κ1) is 21.3. The van der Waals surface area contributed by atoms with Crippen LogP contribution >= 0.6 is 39.1 Å². The van der Waals surface area contributed by atoms with E-state index in [4.69, 9.17) is 27.9 Å². The average Bonchev–Trinajstić information content (AvgIpc) is 2.98. The fraction of sp³-hybridized carbons (Fsp3) is 0.263. The van der Waals surface area contributed by atoms with Gasteiger partial charge >= 0.3 is 6.09 Å². The summed E-state index contributed by atoms with van der Waals surface area (Å²) in [6, 6.07) is 5.33. The van der Waals surface area contributed by atoms with Crippen molar-refractivity contribution in [1.29, 1.82) is 0 Å². The van der Waals surface area contributed by atoms with Crippen molar-refractivity contribution in [2.45, 2.75) is 12.6 Å². The molecule has 11 heteroatoms. The van der Waals surface area contributed by atoms with Crippen molar-refractivity contribution in [3.05, 3.63) is 50.4 Å². The minimum absolute atomic E-state index is 0.0403. The van der Waals surface area contributed by atoms with Crippen LogP contribution in [0.15, 0.2) is 28.7 Å². The highest BCUT2D eigenvalue weighted by molar-refractivity contribution is 9.10. The molecule has 30 heavy (non-hydrogen) atoms. The van der Waals surface area contributed by atoms with Gasteiger partial charge < -0.3 is 19.3 Å². The summed E-state index contributed by atoms with van der Waals surface area (Å²) in [4.78, 5) is 17.0. The summed E-state index contributed by atoms with van der Waals surface area (Å²) in [6.45, 7) is 0.691. The molecule has 158 valence electrons. The molecule has 3 aromatic rings. The number of hydrogen-bond donors (Lipinski definition) is 1. The summed E-state index contributed by atoms with van der Waals surface area (Å²) >= 11 is 15.4. The highest BCUT2D eigenvalue weighted by Gasteiger charge is 2.27. The van der Waals surface area contributed by atoms with Crippen molar-refractivity contribution < 1.29 is 23.4 Å². The van der Waals surface area contributed by atoms with E-state index in [1.165, 1.54) is 29.2 Å². The molecule has 1 aliphatic rings. The van der Waals surface area contributed by atoms with Gasteiger partial charge in [-0.3, -0.25) is 0 Å². The molecule has 1 unspecified atom stereocenters. The van der Waals surface area contributed by atoms with Crippen molar-refractivity contribution in [1.82, 2.24) is 14.5 Å². The lowest BCUT2D eigenvalue weighted by atomic mass is 10.2. The Bertz CT molecular complexity index is 1130. The molecular weight excluding hydrogens is 507 g/mol. The first-order valence-corrected chi connectivity index (χ1v) is 10.4. The normalized spacial score (nSPS) is 17.0. The zero-order valence-corrected chi connectivity index (χ0v) is 18.3. The lowest BCUT2D eigenvalue weighted by Gasteiger charge is -2.31. The molecule has 1 aromatic heterocycles. The fourth-order valence-corrected chi connectivity index (χ4v) is 4.47. The molecule has 1 aliphatic heterocycles. The van der Waals surface area contributed by atoms with Crippen molar-refractivity contribution >= 4 is 56.3 Å². The van der Waals surface area contributed by atoms with Gasteiger partial charge in [-0.15, -0.1) is 0 Å². The van der Waals surface area contributed by atoms with E-state index in [0.29, 0.717) is 15.5 Å². The Morgan fingerprint density at radius 1 is 1.23 bits per heavy atom. The monoisotopic (exact) mass is 519 g/mol. The Morgan fingerprint density at radius 3 is 2.70 bits per heavy atom. The van der Waals surface area contributed by atoms with Crippen LogP contribution in [0.5, 0.6) is 0 Å². The van der Waals surface area contributed by atoms with Crippen LogP contribution in [-0.4, -0.2) is 51.5 Å². The van der Waals surface area contributed by atoms with Gasteiger partial charge in [0, 0.05) is 17.1 Å². The number of nitrogens with zero attached hydrogens (tertiary/aromatic N) is 3. The van der Waals surface area contributed by atoms with Crippen LogP contribution in [0.3, 0.4) is 0 Å². The number of halogens is 5. The van der Waals surface area contributed by atoms with Crippen LogP contribution in [-0.2, 0) is 11.3 Å². The number of hydrogen-bond acceptors (Lipinski definition) is 3. The van der Waals surface area contributed by atoms with Gasteiger partial charge in [0.2, 0.25) is 0 Å². The summed E-state index contributed by atoms with van der Waals surface area (Å²) in [5.74, 6) is -1.11. The Labute approximate surface area is 188 Å². The zero-order valence-electron chi connectivity index (χ0n) is 15.2. The predicted molar refractivity (Wildman–Crippen MR) is 112 cm³/mol. The molecule has 2 aromatic carbocycles. The maximum absolute atomic E-state index is 14.8. The van der Waals surface area contributed by atoms with Gasteiger partial charge in [0.15, 0.2) is 0 Å².